The molecule has 0 unspecified atom stereocenters. The van der Waals surface area contributed by atoms with E-state index < -0.39 is 0 Å². The van der Waals surface area contributed by atoms with Crippen molar-refractivity contribution in [2.75, 3.05) is 19.6 Å². The molecule has 1 aliphatic heterocycles. The van der Waals surface area contributed by atoms with E-state index in [1.165, 1.54) is 32.1 Å². The molecule has 2 rings (SSSR count). The topological polar surface area (TPSA) is 53.2 Å². The highest BCUT2D eigenvalue weighted by atomic mass is 16.2. The van der Waals surface area contributed by atoms with Crippen molar-refractivity contribution in [2.24, 2.45) is 5.92 Å². The van der Waals surface area contributed by atoms with Gasteiger partial charge in [-0.15, -0.1) is 0 Å². The molecule has 4 nitrogen and oxygen atoms in total. The summed E-state index contributed by atoms with van der Waals surface area (Å²) in [5.41, 5.74) is 0. The molecule has 0 aromatic heterocycles. The summed E-state index contributed by atoms with van der Waals surface area (Å²) < 4.78 is 0. The van der Waals surface area contributed by atoms with Crippen LogP contribution in [0.2, 0.25) is 0 Å². The van der Waals surface area contributed by atoms with Gasteiger partial charge in [-0.05, 0) is 31.7 Å². The Hall–Kier alpha value is -0.770. The Morgan fingerprint density at radius 2 is 1.94 bits per heavy atom. The number of hydrogen-bond acceptors (Lipinski definition) is 2. The van der Waals surface area contributed by atoms with Crippen LogP contribution in [-0.2, 0) is 0 Å². The van der Waals surface area contributed by atoms with Crippen LogP contribution in [0.4, 0.5) is 4.79 Å². The quantitative estimate of drug-likeness (QED) is 0.718. The third kappa shape index (κ3) is 4.84. The van der Waals surface area contributed by atoms with Gasteiger partial charge in [-0.2, -0.15) is 0 Å². The minimum atomic E-state index is 0.0134. The highest BCUT2D eigenvalue weighted by Crippen LogP contribution is 2.25. The fourth-order valence-corrected chi connectivity index (χ4v) is 3.08. The third-order valence-electron chi connectivity index (χ3n) is 4.19. The molecule has 1 atom stereocenters. The molecule has 1 aliphatic carbocycles. The Morgan fingerprint density at radius 1 is 1.11 bits per heavy atom. The van der Waals surface area contributed by atoms with E-state index >= 15 is 0 Å². The molecule has 0 radical (unpaired) electrons. The van der Waals surface area contributed by atoms with Crippen LogP contribution in [0.25, 0.3) is 0 Å². The molecule has 1 heterocycles. The zero-order valence-corrected chi connectivity index (χ0v) is 11.3. The molecule has 3 N–H and O–H groups in total. The maximum absolute atomic E-state index is 11.7. The van der Waals surface area contributed by atoms with Gasteiger partial charge < -0.3 is 16.0 Å². The summed E-state index contributed by atoms with van der Waals surface area (Å²) in [4.78, 5) is 11.7. The van der Waals surface area contributed by atoms with Crippen LogP contribution in [0.5, 0.6) is 0 Å². The zero-order valence-electron chi connectivity index (χ0n) is 11.3. The van der Waals surface area contributed by atoms with Crippen molar-refractivity contribution in [3.63, 3.8) is 0 Å². The molecule has 104 valence electrons. The largest absolute Gasteiger partial charge is 0.338 e. The summed E-state index contributed by atoms with van der Waals surface area (Å²) in [6, 6.07) is 0.327. The highest BCUT2D eigenvalue weighted by Gasteiger charge is 2.16. The van der Waals surface area contributed by atoms with Gasteiger partial charge in [0.15, 0.2) is 0 Å². The van der Waals surface area contributed by atoms with Gasteiger partial charge in [-0.3, -0.25) is 0 Å². The van der Waals surface area contributed by atoms with E-state index in [4.69, 9.17) is 0 Å². The maximum Gasteiger partial charge on any atom is 0.315 e. The Kier molecular flexibility index (Phi) is 5.78. The Labute approximate surface area is 110 Å². The van der Waals surface area contributed by atoms with Crippen molar-refractivity contribution in [1.82, 2.24) is 16.0 Å². The number of piperidine rings is 1. The first-order valence-electron chi connectivity index (χ1n) is 7.59. The summed E-state index contributed by atoms with van der Waals surface area (Å²) in [5, 5.41) is 9.35. The second-order valence-corrected chi connectivity index (χ2v) is 5.74. The summed E-state index contributed by atoms with van der Waals surface area (Å²) >= 11 is 0. The van der Waals surface area contributed by atoms with Gasteiger partial charge >= 0.3 is 6.03 Å². The van der Waals surface area contributed by atoms with Crippen LogP contribution in [-0.4, -0.2) is 31.7 Å². The molecule has 0 aromatic rings. The number of hydrogen-bond donors (Lipinski definition) is 3. The van der Waals surface area contributed by atoms with Crippen molar-refractivity contribution < 1.29 is 4.79 Å². The van der Waals surface area contributed by atoms with Gasteiger partial charge in [0.25, 0.3) is 0 Å². The number of amides is 2. The number of carbonyl (C=O) groups excluding carboxylic acids is 1. The lowest BCUT2D eigenvalue weighted by atomic mass is 9.87. The van der Waals surface area contributed by atoms with E-state index in [9.17, 15) is 4.79 Å². The molecular weight excluding hydrogens is 226 g/mol. The minimum Gasteiger partial charge on any atom is -0.338 e. The van der Waals surface area contributed by atoms with Gasteiger partial charge in [0.1, 0.15) is 0 Å². The lowest BCUT2D eigenvalue weighted by molar-refractivity contribution is 0.232. The Balaban J connectivity index is 1.53. The van der Waals surface area contributed by atoms with E-state index in [-0.39, 0.29) is 6.03 Å². The van der Waals surface area contributed by atoms with Crippen LogP contribution >= 0.6 is 0 Å². The van der Waals surface area contributed by atoms with Crippen molar-refractivity contribution >= 4 is 6.03 Å². The minimum absolute atomic E-state index is 0.0134. The third-order valence-corrected chi connectivity index (χ3v) is 4.19. The maximum atomic E-state index is 11.7. The molecule has 0 aromatic carbocycles. The molecule has 0 bridgehead atoms. The van der Waals surface area contributed by atoms with Crippen LogP contribution < -0.4 is 16.0 Å². The fraction of sp³-hybridized carbons (Fsp3) is 0.929. The number of nitrogens with one attached hydrogen (secondary N) is 3. The molecule has 2 fully saturated rings. The summed E-state index contributed by atoms with van der Waals surface area (Å²) in [7, 11) is 0. The van der Waals surface area contributed by atoms with Crippen molar-refractivity contribution in [2.45, 2.75) is 57.4 Å². The average molecular weight is 253 g/mol. The first-order valence-corrected chi connectivity index (χ1v) is 7.59. The zero-order chi connectivity index (χ0) is 12.6. The van der Waals surface area contributed by atoms with Gasteiger partial charge in [-0.1, -0.05) is 32.1 Å². The fourth-order valence-electron chi connectivity index (χ4n) is 3.08. The van der Waals surface area contributed by atoms with Crippen molar-refractivity contribution in [1.29, 1.82) is 0 Å². The summed E-state index contributed by atoms with van der Waals surface area (Å²) in [6.45, 7) is 2.83. The Morgan fingerprint density at radius 3 is 2.67 bits per heavy atom. The SMILES string of the molecule is O=C(NCCC1CCCCC1)N[C@@H]1CCCNC1. The number of carbonyl (C=O) groups is 1. The van der Waals surface area contributed by atoms with Crippen LogP contribution in [0.1, 0.15) is 51.4 Å². The monoisotopic (exact) mass is 253 g/mol. The second kappa shape index (κ2) is 7.62. The van der Waals surface area contributed by atoms with Crippen LogP contribution in [0.15, 0.2) is 0 Å². The Bertz CT molecular complexity index is 245. The van der Waals surface area contributed by atoms with Crippen molar-refractivity contribution in [3.8, 4) is 0 Å². The average Bonchev–Trinajstić information content (AvgIpc) is 2.41. The molecule has 1 saturated carbocycles. The van der Waals surface area contributed by atoms with Crippen LogP contribution in [0.3, 0.4) is 0 Å². The standard InChI is InChI=1S/C14H27N3O/c18-14(17-13-7-4-9-15-11-13)16-10-8-12-5-2-1-3-6-12/h12-13,15H,1-11H2,(H2,16,17,18)/t13-/m1/s1. The van der Waals surface area contributed by atoms with Gasteiger partial charge in [-0.25, -0.2) is 4.79 Å². The molecule has 2 aliphatic rings. The van der Waals surface area contributed by atoms with E-state index in [0.717, 1.165) is 44.8 Å². The number of urea groups is 1. The normalized spacial score (nSPS) is 25.7. The molecule has 1 saturated heterocycles. The number of rotatable bonds is 4. The molecule has 18 heavy (non-hydrogen) atoms. The first kappa shape index (κ1) is 13.7. The van der Waals surface area contributed by atoms with E-state index in [1.54, 1.807) is 0 Å². The molecule has 4 heteroatoms. The first-order chi connectivity index (χ1) is 8.84. The van der Waals surface area contributed by atoms with Crippen LogP contribution in [0, 0.1) is 5.92 Å². The van der Waals surface area contributed by atoms with E-state index in [0.29, 0.717) is 6.04 Å². The second-order valence-electron chi connectivity index (χ2n) is 5.74. The van der Waals surface area contributed by atoms with Crippen molar-refractivity contribution in [3.05, 3.63) is 0 Å². The molecular formula is C14H27N3O. The molecule has 0 spiro atoms. The van der Waals surface area contributed by atoms with Gasteiger partial charge in [0.2, 0.25) is 0 Å². The smallest absolute Gasteiger partial charge is 0.315 e. The predicted octanol–water partition coefficient (Wildman–Crippen LogP) is 2.01. The van der Waals surface area contributed by atoms with Gasteiger partial charge in [0, 0.05) is 19.1 Å². The summed E-state index contributed by atoms with van der Waals surface area (Å²) in [5.74, 6) is 0.843. The lowest BCUT2D eigenvalue weighted by Crippen LogP contribution is -2.49. The highest BCUT2D eigenvalue weighted by molar-refractivity contribution is 5.74. The predicted molar refractivity (Wildman–Crippen MR) is 73.6 cm³/mol. The lowest BCUT2D eigenvalue weighted by Gasteiger charge is -2.24. The van der Waals surface area contributed by atoms with E-state index in [1.807, 2.05) is 0 Å². The van der Waals surface area contributed by atoms with E-state index in [2.05, 4.69) is 16.0 Å². The molecule has 2 amide bonds. The summed E-state index contributed by atoms with van der Waals surface area (Å²) in [6.07, 6.45) is 10.3. The van der Waals surface area contributed by atoms with Gasteiger partial charge in [0.05, 0.1) is 0 Å².